The van der Waals surface area contributed by atoms with Gasteiger partial charge in [0.15, 0.2) is 0 Å². The standard InChI is InChI=1S/C21H28N2O5/c1-22(2)10-16-17-11-23(12-21(17)6-5-18(16)28-21)19(24)13-7-14(20(25)27-4)9-15(8-13)26-3/h7-9,16-18H,5-6,10-12H2,1-4H3/t16-,17+,18+,21+/m1/s1. The Balaban J connectivity index is 1.58. The van der Waals surface area contributed by atoms with Crippen molar-refractivity contribution in [2.24, 2.45) is 11.8 Å². The van der Waals surface area contributed by atoms with Crippen LogP contribution in [-0.4, -0.2) is 81.3 Å². The third-order valence-electron chi connectivity index (χ3n) is 6.46. The fourth-order valence-corrected chi connectivity index (χ4v) is 5.27. The molecule has 2 bridgehead atoms. The highest BCUT2D eigenvalue weighted by Gasteiger charge is 2.63. The first-order valence-electron chi connectivity index (χ1n) is 9.76. The van der Waals surface area contributed by atoms with Crippen LogP contribution < -0.4 is 4.74 Å². The predicted octanol–water partition coefficient (Wildman–Crippen LogP) is 1.66. The summed E-state index contributed by atoms with van der Waals surface area (Å²) in [6, 6.07) is 4.84. The van der Waals surface area contributed by atoms with Crippen LogP contribution in [0.25, 0.3) is 0 Å². The van der Waals surface area contributed by atoms with E-state index in [-0.39, 0.29) is 11.5 Å². The van der Waals surface area contributed by atoms with Crippen molar-refractivity contribution in [2.45, 2.75) is 24.5 Å². The topological polar surface area (TPSA) is 68.3 Å². The summed E-state index contributed by atoms with van der Waals surface area (Å²) in [5.41, 5.74) is 0.547. The van der Waals surface area contributed by atoms with Crippen LogP contribution in [0.15, 0.2) is 18.2 Å². The van der Waals surface area contributed by atoms with Gasteiger partial charge in [0.05, 0.1) is 38.0 Å². The number of fused-ring (bicyclic) bond motifs is 1. The lowest BCUT2D eigenvalue weighted by Gasteiger charge is -2.30. The zero-order valence-electron chi connectivity index (χ0n) is 16.9. The molecule has 3 fully saturated rings. The maximum atomic E-state index is 13.3. The maximum absolute atomic E-state index is 13.3. The first-order chi connectivity index (χ1) is 13.4. The first-order valence-corrected chi connectivity index (χ1v) is 9.76. The van der Waals surface area contributed by atoms with Gasteiger partial charge < -0.3 is 24.0 Å². The van der Waals surface area contributed by atoms with Crippen molar-refractivity contribution < 1.29 is 23.8 Å². The van der Waals surface area contributed by atoms with E-state index in [1.54, 1.807) is 18.2 Å². The zero-order chi connectivity index (χ0) is 20.1. The highest BCUT2D eigenvalue weighted by Crippen LogP contribution is 2.55. The van der Waals surface area contributed by atoms with Crippen LogP contribution in [0, 0.1) is 11.8 Å². The molecule has 0 saturated carbocycles. The van der Waals surface area contributed by atoms with Crippen molar-refractivity contribution in [2.75, 3.05) is 47.9 Å². The number of likely N-dealkylation sites (tertiary alicyclic amines) is 1. The highest BCUT2D eigenvalue weighted by molar-refractivity contribution is 5.98. The van der Waals surface area contributed by atoms with Crippen molar-refractivity contribution in [3.8, 4) is 5.75 Å². The summed E-state index contributed by atoms with van der Waals surface area (Å²) in [6.07, 6.45) is 2.40. The van der Waals surface area contributed by atoms with Gasteiger partial charge in [0.1, 0.15) is 5.75 Å². The Bertz CT molecular complexity index is 795. The monoisotopic (exact) mass is 388 g/mol. The number of amides is 1. The number of nitrogens with zero attached hydrogens (tertiary/aromatic N) is 2. The van der Waals surface area contributed by atoms with Gasteiger partial charge in [0.2, 0.25) is 0 Å². The molecule has 0 aliphatic carbocycles. The molecule has 0 unspecified atom stereocenters. The molecule has 7 heteroatoms. The molecule has 4 atom stereocenters. The Morgan fingerprint density at radius 3 is 2.68 bits per heavy atom. The maximum Gasteiger partial charge on any atom is 0.338 e. The van der Waals surface area contributed by atoms with Crippen LogP contribution in [0.4, 0.5) is 0 Å². The molecule has 3 aliphatic rings. The number of ether oxygens (including phenoxy) is 3. The summed E-state index contributed by atoms with van der Waals surface area (Å²) in [7, 11) is 7.01. The molecule has 3 saturated heterocycles. The van der Waals surface area contributed by atoms with Crippen molar-refractivity contribution >= 4 is 11.9 Å². The third-order valence-corrected chi connectivity index (χ3v) is 6.46. The largest absolute Gasteiger partial charge is 0.497 e. The third kappa shape index (κ3) is 3.06. The van der Waals surface area contributed by atoms with E-state index in [0.29, 0.717) is 47.9 Å². The molecular formula is C21H28N2O5. The van der Waals surface area contributed by atoms with Crippen LogP contribution in [0.3, 0.4) is 0 Å². The minimum absolute atomic E-state index is 0.0940. The van der Waals surface area contributed by atoms with E-state index in [1.165, 1.54) is 14.2 Å². The molecule has 4 rings (SSSR count). The molecule has 152 valence electrons. The van der Waals surface area contributed by atoms with Crippen LogP contribution in [-0.2, 0) is 9.47 Å². The molecule has 0 radical (unpaired) electrons. The molecule has 28 heavy (non-hydrogen) atoms. The lowest BCUT2D eigenvalue weighted by Crippen LogP contribution is -2.40. The average Bonchev–Trinajstić information content (AvgIpc) is 3.35. The van der Waals surface area contributed by atoms with Crippen molar-refractivity contribution in [1.29, 1.82) is 0 Å². The van der Waals surface area contributed by atoms with Crippen LogP contribution in [0.1, 0.15) is 33.6 Å². The lowest BCUT2D eigenvalue weighted by atomic mass is 9.73. The van der Waals surface area contributed by atoms with Gasteiger partial charge in [0.25, 0.3) is 5.91 Å². The van der Waals surface area contributed by atoms with Gasteiger partial charge in [0, 0.05) is 30.5 Å². The summed E-state index contributed by atoms with van der Waals surface area (Å²) in [4.78, 5) is 29.3. The first kappa shape index (κ1) is 19.2. The second-order valence-corrected chi connectivity index (χ2v) is 8.42. The van der Waals surface area contributed by atoms with Crippen LogP contribution >= 0.6 is 0 Å². The molecule has 1 amide bonds. The molecular weight excluding hydrogens is 360 g/mol. The fourth-order valence-electron chi connectivity index (χ4n) is 5.27. The number of hydrogen-bond donors (Lipinski definition) is 0. The summed E-state index contributed by atoms with van der Waals surface area (Å²) in [5, 5.41) is 0. The number of rotatable bonds is 5. The minimum Gasteiger partial charge on any atom is -0.497 e. The van der Waals surface area contributed by atoms with Crippen molar-refractivity contribution in [3.05, 3.63) is 29.3 Å². The Morgan fingerprint density at radius 1 is 1.25 bits per heavy atom. The molecule has 0 aromatic heterocycles. The molecule has 1 spiro atoms. The number of methoxy groups -OCH3 is 2. The SMILES string of the molecule is COC(=O)c1cc(OC)cc(C(=O)N2C[C@H]3[C@@H](CN(C)C)[C@@H]4CC[C@@]3(C2)O4)c1. The predicted molar refractivity (Wildman–Crippen MR) is 103 cm³/mol. The van der Waals surface area contributed by atoms with Gasteiger partial charge in [-0.05, 0) is 45.1 Å². The van der Waals surface area contributed by atoms with Crippen LogP contribution in [0.5, 0.6) is 5.75 Å². The van der Waals surface area contributed by atoms with Gasteiger partial charge in [-0.2, -0.15) is 0 Å². The van der Waals surface area contributed by atoms with Crippen molar-refractivity contribution in [1.82, 2.24) is 9.80 Å². The zero-order valence-corrected chi connectivity index (χ0v) is 16.9. The second-order valence-electron chi connectivity index (χ2n) is 8.42. The molecule has 3 aliphatic heterocycles. The van der Waals surface area contributed by atoms with E-state index in [0.717, 1.165) is 19.4 Å². The quantitative estimate of drug-likeness (QED) is 0.715. The molecule has 1 aromatic carbocycles. The van der Waals surface area contributed by atoms with Crippen LogP contribution in [0.2, 0.25) is 0 Å². The van der Waals surface area contributed by atoms with Gasteiger partial charge in [-0.15, -0.1) is 0 Å². The molecule has 1 aromatic rings. The second kappa shape index (κ2) is 7.04. The van der Waals surface area contributed by atoms with Gasteiger partial charge in [-0.1, -0.05) is 0 Å². The summed E-state index contributed by atoms with van der Waals surface area (Å²) < 4.78 is 16.5. The smallest absolute Gasteiger partial charge is 0.338 e. The van der Waals surface area contributed by atoms with E-state index in [9.17, 15) is 9.59 Å². The number of carbonyl (C=O) groups is 2. The molecule has 3 heterocycles. The summed E-state index contributed by atoms with van der Waals surface area (Å²) in [5.74, 6) is 0.702. The Labute approximate surface area is 165 Å². The number of esters is 1. The van der Waals surface area contributed by atoms with Gasteiger partial charge in [-0.25, -0.2) is 4.79 Å². The lowest BCUT2D eigenvalue weighted by molar-refractivity contribution is 0.00255. The number of hydrogen-bond acceptors (Lipinski definition) is 6. The van der Waals surface area contributed by atoms with E-state index < -0.39 is 5.97 Å². The fraction of sp³-hybridized carbons (Fsp3) is 0.619. The Hall–Kier alpha value is -2.12. The van der Waals surface area contributed by atoms with E-state index in [2.05, 4.69) is 19.0 Å². The molecule has 7 nitrogen and oxygen atoms in total. The van der Waals surface area contributed by atoms with E-state index in [4.69, 9.17) is 14.2 Å². The normalized spacial score (nSPS) is 30.6. The Kier molecular flexibility index (Phi) is 4.83. The summed E-state index contributed by atoms with van der Waals surface area (Å²) >= 11 is 0. The average molecular weight is 388 g/mol. The number of carbonyl (C=O) groups excluding carboxylic acids is 2. The van der Waals surface area contributed by atoms with Gasteiger partial charge >= 0.3 is 5.97 Å². The number of benzene rings is 1. The highest BCUT2D eigenvalue weighted by atomic mass is 16.5. The summed E-state index contributed by atoms with van der Waals surface area (Å²) in [6.45, 7) is 2.28. The van der Waals surface area contributed by atoms with E-state index >= 15 is 0 Å². The van der Waals surface area contributed by atoms with E-state index in [1.807, 2.05) is 4.90 Å². The van der Waals surface area contributed by atoms with Crippen molar-refractivity contribution in [3.63, 3.8) is 0 Å². The molecule has 0 N–H and O–H groups in total. The minimum atomic E-state index is -0.488. The van der Waals surface area contributed by atoms with Gasteiger partial charge in [-0.3, -0.25) is 4.79 Å². The Morgan fingerprint density at radius 2 is 2.00 bits per heavy atom.